The average molecular weight is 247 g/mol. The summed E-state index contributed by atoms with van der Waals surface area (Å²) in [7, 11) is 0. The van der Waals surface area contributed by atoms with Crippen LogP contribution in [0.2, 0.25) is 0 Å². The first-order chi connectivity index (χ1) is 8.72. The van der Waals surface area contributed by atoms with Gasteiger partial charge in [-0.2, -0.15) is 0 Å². The van der Waals surface area contributed by atoms with Gasteiger partial charge in [0.1, 0.15) is 18.9 Å². The lowest BCUT2D eigenvalue weighted by Gasteiger charge is -2.01. The van der Waals surface area contributed by atoms with Crippen molar-refractivity contribution in [2.24, 2.45) is 0 Å². The van der Waals surface area contributed by atoms with E-state index in [2.05, 4.69) is 16.9 Å². The summed E-state index contributed by atoms with van der Waals surface area (Å²) in [5.41, 5.74) is 0.851. The number of hydrogen-bond acceptors (Lipinski definition) is 5. The van der Waals surface area contributed by atoms with Gasteiger partial charge in [0.25, 0.3) is 0 Å². The molecule has 0 fully saturated rings. The van der Waals surface area contributed by atoms with Crippen molar-refractivity contribution in [3.8, 4) is 0 Å². The number of esters is 1. The maximum absolute atomic E-state index is 11.6. The molecule has 0 saturated heterocycles. The lowest BCUT2D eigenvalue weighted by molar-refractivity contribution is 0.0542. The molecule has 6 heteroatoms. The van der Waals surface area contributed by atoms with Gasteiger partial charge >= 0.3 is 5.97 Å². The number of carbonyl (C=O) groups is 1. The molecule has 0 aliphatic heterocycles. The molecule has 2 heterocycles. The Labute approximate surface area is 104 Å². The van der Waals surface area contributed by atoms with E-state index in [1.165, 1.54) is 6.08 Å². The second-order valence-electron chi connectivity index (χ2n) is 3.65. The van der Waals surface area contributed by atoms with Crippen LogP contribution >= 0.6 is 0 Å². The quantitative estimate of drug-likeness (QED) is 0.592. The van der Waals surface area contributed by atoms with Gasteiger partial charge in [0.2, 0.25) is 0 Å². The molecule has 6 nitrogen and oxygen atoms in total. The summed E-state index contributed by atoms with van der Waals surface area (Å²) >= 11 is 0. The van der Waals surface area contributed by atoms with Crippen molar-refractivity contribution in [2.45, 2.75) is 13.5 Å². The summed E-state index contributed by atoms with van der Waals surface area (Å²) in [6.07, 6.45) is 3.08. The molecule has 0 amide bonds. The van der Waals surface area contributed by atoms with E-state index in [0.717, 1.165) is 5.76 Å². The fourth-order valence-electron chi connectivity index (χ4n) is 1.45. The predicted molar refractivity (Wildman–Crippen MR) is 63.0 cm³/mol. The average Bonchev–Trinajstić information content (AvgIpc) is 2.98. The van der Waals surface area contributed by atoms with Crippen molar-refractivity contribution >= 4 is 5.97 Å². The van der Waals surface area contributed by atoms with E-state index in [0.29, 0.717) is 12.2 Å². The van der Waals surface area contributed by atoms with Crippen molar-refractivity contribution in [1.82, 2.24) is 15.0 Å². The molecule has 2 aromatic rings. The lowest BCUT2D eigenvalue weighted by Crippen LogP contribution is -2.09. The number of ether oxygens (including phenoxy) is 1. The van der Waals surface area contributed by atoms with Crippen LogP contribution in [0.15, 0.2) is 35.5 Å². The molecule has 0 spiro atoms. The molecule has 0 saturated carbocycles. The monoisotopic (exact) mass is 247 g/mol. The summed E-state index contributed by atoms with van der Waals surface area (Å²) < 4.78 is 11.7. The molecular weight excluding hydrogens is 234 g/mol. The van der Waals surface area contributed by atoms with Crippen LogP contribution in [-0.4, -0.2) is 27.6 Å². The first kappa shape index (κ1) is 12.1. The molecule has 18 heavy (non-hydrogen) atoms. The van der Waals surface area contributed by atoms with Crippen LogP contribution < -0.4 is 0 Å². The minimum atomic E-state index is -0.502. The number of hydrogen-bond donors (Lipinski definition) is 0. The van der Waals surface area contributed by atoms with E-state index in [4.69, 9.17) is 9.15 Å². The fraction of sp³-hybridized carbons (Fsp3) is 0.250. The summed E-state index contributed by atoms with van der Waals surface area (Å²) in [4.78, 5) is 11.6. The molecule has 0 unspecified atom stereocenters. The van der Waals surface area contributed by atoms with Crippen LogP contribution in [0.5, 0.6) is 0 Å². The van der Waals surface area contributed by atoms with E-state index in [9.17, 15) is 4.79 Å². The number of rotatable bonds is 5. The molecular formula is C12H13N3O3. The Hall–Kier alpha value is -2.37. The molecule has 0 aromatic carbocycles. The van der Waals surface area contributed by atoms with Crippen molar-refractivity contribution in [1.29, 1.82) is 0 Å². The Kier molecular flexibility index (Phi) is 3.57. The Morgan fingerprint density at radius 3 is 3.17 bits per heavy atom. The lowest BCUT2D eigenvalue weighted by atomic mass is 10.3. The second-order valence-corrected chi connectivity index (χ2v) is 3.65. The largest absolute Gasteiger partial charge is 0.467 e. The number of nitrogens with zero attached hydrogens (tertiary/aromatic N) is 3. The maximum atomic E-state index is 11.6. The Balaban J connectivity index is 2.13. The van der Waals surface area contributed by atoms with Crippen LogP contribution in [0.4, 0.5) is 0 Å². The Morgan fingerprint density at radius 2 is 2.50 bits per heavy atom. The zero-order valence-corrected chi connectivity index (χ0v) is 10.00. The minimum absolute atomic E-state index is 0.156. The van der Waals surface area contributed by atoms with E-state index >= 15 is 0 Å². The van der Waals surface area contributed by atoms with Gasteiger partial charge in [-0.3, -0.25) is 0 Å². The summed E-state index contributed by atoms with van der Waals surface area (Å²) in [5.74, 6) is 0.243. The SMILES string of the molecule is C=CCOC(=O)c1nnn(Cc2ccco2)c1C. The van der Waals surface area contributed by atoms with Gasteiger partial charge in [-0.15, -0.1) is 5.10 Å². The van der Waals surface area contributed by atoms with E-state index in [1.807, 2.05) is 6.07 Å². The molecule has 2 aromatic heterocycles. The molecule has 0 bridgehead atoms. The van der Waals surface area contributed by atoms with Crippen LogP contribution in [-0.2, 0) is 11.3 Å². The van der Waals surface area contributed by atoms with Crippen LogP contribution in [0.25, 0.3) is 0 Å². The van der Waals surface area contributed by atoms with Crippen molar-refractivity contribution in [2.75, 3.05) is 6.61 Å². The maximum Gasteiger partial charge on any atom is 0.361 e. The van der Waals surface area contributed by atoms with Crippen molar-refractivity contribution in [3.63, 3.8) is 0 Å². The Bertz CT molecular complexity index is 543. The van der Waals surface area contributed by atoms with Crippen molar-refractivity contribution < 1.29 is 13.9 Å². The molecule has 0 N–H and O–H groups in total. The normalized spacial score (nSPS) is 10.3. The minimum Gasteiger partial charge on any atom is -0.467 e. The molecule has 94 valence electrons. The molecule has 2 rings (SSSR count). The van der Waals surface area contributed by atoms with E-state index in [1.54, 1.807) is 23.9 Å². The summed E-state index contributed by atoms with van der Waals surface area (Å²) in [6, 6.07) is 3.62. The van der Waals surface area contributed by atoms with Crippen molar-refractivity contribution in [3.05, 3.63) is 48.2 Å². The summed E-state index contributed by atoms with van der Waals surface area (Å²) in [5, 5.41) is 7.71. The molecule has 0 aliphatic rings. The molecule has 0 radical (unpaired) electrons. The van der Waals surface area contributed by atoms with E-state index < -0.39 is 5.97 Å². The number of aromatic nitrogens is 3. The highest BCUT2D eigenvalue weighted by atomic mass is 16.5. The van der Waals surface area contributed by atoms with Gasteiger partial charge in [-0.1, -0.05) is 17.9 Å². The van der Waals surface area contributed by atoms with Gasteiger partial charge in [0, 0.05) is 0 Å². The van der Waals surface area contributed by atoms with E-state index in [-0.39, 0.29) is 12.3 Å². The van der Waals surface area contributed by atoms with Gasteiger partial charge in [0.05, 0.1) is 12.0 Å². The highest BCUT2D eigenvalue weighted by molar-refractivity contribution is 5.88. The van der Waals surface area contributed by atoms with Gasteiger partial charge in [-0.05, 0) is 19.1 Å². The first-order valence-corrected chi connectivity index (χ1v) is 5.43. The van der Waals surface area contributed by atoms with Gasteiger partial charge in [-0.25, -0.2) is 9.48 Å². The number of furan rings is 1. The third-order valence-corrected chi connectivity index (χ3v) is 2.39. The first-order valence-electron chi connectivity index (χ1n) is 5.43. The van der Waals surface area contributed by atoms with Crippen LogP contribution in [0.1, 0.15) is 21.9 Å². The second kappa shape index (κ2) is 5.31. The highest BCUT2D eigenvalue weighted by Gasteiger charge is 2.17. The predicted octanol–water partition coefficient (Wildman–Crippen LogP) is 1.57. The standard InChI is InChI=1S/C12H13N3O3/c1-3-6-18-12(16)11-9(2)15(14-13-11)8-10-5-4-7-17-10/h3-5,7H,1,6,8H2,2H3. The fourth-order valence-corrected chi connectivity index (χ4v) is 1.45. The molecule has 0 aliphatic carbocycles. The molecule has 0 atom stereocenters. The smallest absolute Gasteiger partial charge is 0.361 e. The third kappa shape index (κ3) is 2.48. The third-order valence-electron chi connectivity index (χ3n) is 2.39. The summed E-state index contributed by atoms with van der Waals surface area (Å²) in [6.45, 7) is 5.82. The van der Waals surface area contributed by atoms with Gasteiger partial charge in [0.15, 0.2) is 5.69 Å². The number of carbonyl (C=O) groups excluding carboxylic acids is 1. The van der Waals surface area contributed by atoms with Crippen LogP contribution in [0.3, 0.4) is 0 Å². The highest BCUT2D eigenvalue weighted by Crippen LogP contribution is 2.09. The topological polar surface area (TPSA) is 70.2 Å². The van der Waals surface area contributed by atoms with Crippen LogP contribution in [0, 0.1) is 6.92 Å². The zero-order valence-electron chi connectivity index (χ0n) is 10.00. The zero-order chi connectivity index (χ0) is 13.0. The Morgan fingerprint density at radius 1 is 1.67 bits per heavy atom. The van der Waals surface area contributed by atoms with Gasteiger partial charge < -0.3 is 9.15 Å².